The van der Waals surface area contributed by atoms with Gasteiger partial charge in [0.15, 0.2) is 0 Å². The fourth-order valence-corrected chi connectivity index (χ4v) is 1.73. The summed E-state index contributed by atoms with van der Waals surface area (Å²) in [5.41, 5.74) is 8.32. The van der Waals surface area contributed by atoms with Crippen molar-refractivity contribution < 1.29 is 0 Å². The minimum absolute atomic E-state index is 0.324. The van der Waals surface area contributed by atoms with Gasteiger partial charge in [-0.2, -0.15) is 0 Å². The van der Waals surface area contributed by atoms with E-state index in [0.717, 1.165) is 6.42 Å². The van der Waals surface area contributed by atoms with E-state index in [1.165, 1.54) is 11.1 Å². The minimum atomic E-state index is -0.324. The predicted molar refractivity (Wildman–Crippen MR) is 69.1 cm³/mol. The molecule has 2 N–H and O–H groups in total. The van der Waals surface area contributed by atoms with Crippen molar-refractivity contribution >= 4 is 0 Å². The summed E-state index contributed by atoms with van der Waals surface area (Å²) in [7, 11) is 0. The predicted octanol–water partition coefficient (Wildman–Crippen LogP) is 3.00. The van der Waals surface area contributed by atoms with Crippen LogP contribution in [0.5, 0.6) is 0 Å². The molecule has 1 unspecified atom stereocenters. The van der Waals surface area contributed by atoms with Gasteiger partial charge in [-0.15, -0.1) is 0 Å². The lowest BCUT2D eigenvalue weighted by atomic mass is 10.0. The Morgan fingerprint density at radius 3 is 2.62 bits per heavy atom. The molecule has 1 aromatic rings. The van der Waals surface area contributed by atoms with E-state index in [-0.39, 0.29) is 5.54 Å². The average molecular weight is 211 g/mol. The molecule has 16 heavy (non-hydrogen) atoms. The van der Waals surface area contributed by atoms with Crippen LogP contribution in [0.25, 0.3) is 0 Å². The lowest BCUT2D eigenvalue weighted by molar-refractivity contribution is 0.736. The van der Waals surface area contributed by atoms with Crippen molar-refractivity contribution in [2.75, 3.05) is 0 Å². The number of hydrogen-bond donors (Lipinski definition) is 1. The molecule has 0 radical (unpaired) electrons. The van der Waals surface area contributed by atoms with Crippen LogP contribution in [0, 0.1) is 0 Å². The molecule has 0 heterocycles. The highest BCUT2D eigenvalue weighted by Gasteiger charge is 2.10. The fourth-order valence-electron chi connectivity index (χ4n) is 1.73. The molecule has 0 aliphatic heterocycles. The molecular weight excluding hydrogens is 194 g/mol. The average Bonchev–Trinajstić information content (AvgIpc) is 2.42. The van der Waals surface area contributed by atoms with Crippen LogP contribution in [0.1, 0.15) is 12.5 Å². The van der Waals surface area contributed by atoms with E-state index in [0.29, 0.717) is 0 Å². The van der Waals surface area contributed by atoms with E-state index in [4.69, 9.17) is 5.73 Å². The first kappa shape index (κ1) is 10.9. The molecule has 1 atom stereocenters. The maximum absolute atomic E-state index is 6.03. The maximum Gasteiger partial charge on any atom is 0.0502 e. The molecule has 0 aromatic heterocycles. The van der Waals surface area contributed by atoms with Gasteiger partial charge in [0.05, 0.1) is 5.54 Å². The fraction of sp³-hybridized carbons (Fsp3) is 0.200. The summed E-state index contributed by atoms with van der Waals surface area (Å²) >= 11 is 0. The van der Waals surface area contributed by atoms with Gasteiger partial charge in [-0.05, 0) is 24.5 Å². The van der Waals surface area contributed by atoms with Crippen LogP contribution in [-0.2, 0) is 6.42 Å². The molecule has 1 heteroatoms. The molecule has 1 nitrogen and oxygen atoms in total. The molecule has 0 saturated carbocycles. The molecule has 1 aliphatic rings. The summed E-state index contributed by atoms with van der Waals surface area (Å²) in [5, 5.41) is 0. The normalized spacial score (nSPS) is 24.0. The topological polar surface area (TPSA) is 26.0 Å². The monoisotopic (exact) mass is 211 g/mol. The van der Waals surface area contributed by atoms with E-state index in [9.17, 15) is 0 Å². The van der Waals surface area contributed by atoms with Crippen LogP contribution < -0.4 is 5.73 Å². The zero-order valence-electron chi connectivity index (χ0n) is 9.56. The largest absolute Gasteiger partial charge is 0.319 e. The molecule has 2 rings (SSSR count). The summed E-state index contributed by atoms with van der Waals surface area (Å²) in [6.45, 7) is 2.00. The first-order chi connectivity index (χ1) is 7.66. The zero-order chi connectivity index (χ0) is 11.4. The Morgan fingerprint density at radius 2 is 1.88 bits per heavy atom. The van der Waals surface area contributed by atoms with Gasteiger partial charge in [-0.1, -0.05) is 60.7 Å². The minimum Gasteiger partial charge on any atom is -0.319 e. The number of allylic oxidation sites excluding steroid dienone is 4. The van der Waals surface area contributed by atoms with Gasteiger partial charge in [0.1, 0.15) is 0 Å². The number of hydrogen-bond acceptors (Lipinski definition) is 1. The molecule has 0 spiro atoms. The molecule has 0 fully saturated rings. The SMILES string of the molecule is CC1(N)C=CC=C(Cc2ccccc2)C=C1. The van der Waals surface area contributed by atoms with Crippen molar-refractivity contribution in [1.29, 1.82) is 0 Å². The second-order valence-electron chi connectivity index (χ2n) is 4.46. The first-order valence-corrected chi connectivity index (χ1v) is 5.56. The maximum atomic E-state index is 6.03. The van der Waals surface area contributed by atoms with Crippen LogP contribution >= 0.6 is 0 Å². The van der Waals surface area contributed by atoms with Crippen LogP contribution in [-0.4, -0.2) is 5.54 Å². The third kappa shape index (κ3) is 2.94. The first-order valence-electron chi connectivity index (χ1n) is 5.56. The van der Waals surface area contributed by atoms with Crippen molar-refractivity contribution in [3.63, 3.8) is 0 Å². The van der Waals surface area contributed by atoms with Crippen molar-refractivity contribution in [3.8, 4) is 0 Å². The van der Waals surface area contributed by atoms with E-state index >= 15 is 0 Å². The van der Waals surface area contributed by atoms with Crippen molar-refractivity contribution in [2.24, 2.45) is 5.73 Å². The molecule has 1 aromatic carbocycles. The van der Waals surface area contributed by atoms with Gasteiger partial charge in [0.25, 0.3) is 0 Å². The third-order valence-corrected chi connectivity index (χ3v) is 2.67. The van der Waals surface area contributed by atoms with E-state index in [1.807, 2.05) is 31.2 Å². The van der Waals surface area contributed by atoms with Gasteiger partial charge < -0.3 is 5.73 Å². The van der Waals surface area contributed by atoms with E-state index in [2.05, 4.69) is 36.4 Å². The number of rotatable bonds is 2. The summed E-state index contributed by atoms with van der Waals surface area (Å²) in [6, 6.07) is 10.5. The smallest absolute Gasteiger partial charge is 0.0502 e. The lowest BCUT2D eigenvalue weighted by Crippen LogP contribution is -2.30. The Labute approximate surface area is 97.0 Å². The highest BCUT2D eigenvalue weighted by molar-refractivity contribution is 5.36. The Morgan fingerprint density at radius 1 is 1.12 bits per heavy atom. The zero-order valence-corrected chi connectivity index (χ0v) is 9.56. The van der Waals surface area contributed by atoms with E-state index < -0.39 is 0 Å². The quantitative estimate of drug-likeness (QED) is 0.799. The molecule has 1 aliphatic carbocycles. The molecule has 0 saturated heterocycles. The third-order valence-electron chi connectivity index (χ3n) is 2.67. The highest BCUT2D eigenvalue weighted by atomic mass is 14.7. The summed E-state index contributed by atoms with van der Waals surface area (Å²) in [5.74, 6) is 0. The standard InChI is InChI=1S/C15H17N/c1-15(16)10-5-8-14(9-11-15)12-13-6-3-2-4-7-13/h2-11H,12,16H2,1H3. The molecule has 82 valence electrons. The second-order valence-corrected chi connectivity index (χ2v) is 4.46. The summed E-state index contributed by atoms with van der Waals surface area (Å²) in [6.07, 6.45) is 11.3. The van der Waals surface area contributed by atoms with Gasteiger partial charge >= 0.3 is 0 Å². The summed E-state index contributed by atoms with van der Waals surface area (Å²) in [4.78, 5) is 0. The number of benzene rings is 1. The van der Waals surface area contributed by atoms with Crippen LogP contribution in [0.15, 0.2) is 66.3 Å². The van der Waals surface area contributed by atoms with Crippen LogP contribution in [0.4, 0.5) is 0 Å². The highest BCUT2D eigenvalue weighted by Crippen LogP contribution is 2.15. The summed E-state index contributed by atoms with van der Waals surface area (Å²) < 4.78 is 0. The van der Waals surface area contributed by atoms with Gasteiger partial charge in [-0.3, -0.25) is 0 Å². The van der Waals surface area contributed by atoms with Crippen LogP contribution in [0.2, 0.25) is 0 Å². The molecule has 0 bridgehead atoms. The Bertz CT molecular complexity index is 436. The Hall–Kier alpha value is -1.60. The lowest BCUT2D eigenvalue weighted by Gasteiger charge is -2.12. The van der Waals surface area contributed by atoms with Crippen LogP contribution in [0.3, 0.4) is 0 Å². The Kier molecular flexibility index (Phi) is 3.07. The molecular formula is C15H17N. The Balaban J connectivity index is 2.13. The second kappa shape index (κ2) is 4.50. The molecule has 0 amide bonds. The van der Waals surface area contributed by atoms with Gasteiger partial charge in [-0.25, -0.2) is 0 Å². The van der Waals surface area contributed by atoms with Crippen molar-refractivity contribution in [1.82, 2.24) is 0 Å². The number of nitrogens with two attached hydrogens (primary N) is 1. The van der Waals surface area contributed by atoms with Crippen molar-refractivity contribution in [2.45, 2.75) is 18.9 Å². The van der Waals surface area contributed by atoms with Gasteiger partial charge in [0.2, 0.25) is 0 Å². The van der Waals surface area contributed by atoms with E-state index in [1.54, 1.807) is 0 Å². The van der Waals surface area contributed by atoms with Crippen molar-refractivity contribution in [3.05, 3.63) is 71.8 Å². The van der Waals surface area contributed by atoms with Gasteiger partial charge in [0, 0.05) is 0 Å².